The summed E-state index contributed by atoms with van der Waals surface area (Å²) in [4.78, 5) is 0. The minimum absolute atomic E-state index is 0.567. The third kappa shape index (κ3) is 4.07. The predicted molar refractivity (Wildman–Crippen MR) is 83.8 cm³/mol. The van der Waals surface area contributed by atoms with Crippen LogP contribution in [0.1, 0.15) is 38.7 Å². The standard InChI is InChI=1S/C16H25NOS/c1-12-8-9-15(10-13(12)2)17-16-7-5-4-6-14(16)11-19(3)18/h4-7,12-13,15,17H,8-11H2,1-3H3/t12-,13+,15+,19+/m1/s1. The third-order valence-electron chi connectivity index (χ3n) is 4.33. The number of benzene rings is 1. The highest BCUT2D eigenvalue weighted by molar-refractivity contribution is 7.83. The predicted octanol–water partition coefficient (Wildman–Crippen LogP) is 3.80. The Balaban J connectivity index is 2.04. The zero-order chi connectivity index (χ0) is 13.8. The average molecular weight is 279 g/mol. The quantitative estimate of drug-likeness (QED) is 0.908. The van der Waals surface area contributed by atoms with Gasteiger partial charge in [0.1, 0.15) is 0 Å². The maximum absolute atomic E-state index is 11.4. The van der Waals surface area contributed by atoms with Crippen LogP contribution < -0.4 is 5.32 Å². The van der Waals surface area contributed by atoms with Gasteiger partial charge in [-0.25, -0.2) is 0 Å². The number of nitrogens with one attached hydrogen (secondary N) is 1. The average Bonchev–Trinajstić information content (AvgIpc) is 2.36. The molecule has 3 heteroatoms. The van der Waals surface area contributed by atoms with Gasteiger partial charge in [-0.3, -0.25) is 4.21 Å². The highest BCUT2D eigenvalue weighted by Gasteiger charge is 2.24. The van der Waals surface area contributed by atoms with Crippen molar-refractivity contribution in [3.63, 3.8) is 0 Å². The topological polar surface area (TPSA) is 29.1 Å². The van der Waals surface area contributed by atoms with E-state index in [1.54, 1.807) is 6.26 Å². The first kappa shape index (κ1) is 14.6. The molecule has 1 aromatic rings. The summed E-state index contributed by atoms with van der Waals surface area (Å²) >= 11 is 0. The van der Waals surface area contributed by atoms with Crippen molar-refractivity contribution in [3.05, 3.63) is 29.8 Å². The molecule has 1 aliphatic rings. The first-order valence-corrected chi connectivity index (χ1v) is 8.93. The summed E-state index contributed by atoms with van der Waals surface area (Å²) in [5.74, 6) is 2.28. The van der Waals surface area contributed by atoms with E-state index in [2.05, 4.69) is 37.4 Å². The normalized spacial score (nSPS) is 28.9. The maximum atomic E-state index is 11.4. The number of hydrogen-bond donors (Lipinski definition) is 1. The van der Waals surface area contributed by atoms with E-state index in [0.29, 0.717) is 11.8 Å². The molecule has 19 heavy (non-hydrogen) atoms. The van der Waals surface area contributed by atoms with Gasteiger partial charge in [0, 0.05) is 28.8 Å². The highest BCUT2D eigenvalue weighted by Crippen LogP contribution is 2.31. The van der Waals surface area contributed by atoms with Gasteiger partial charge in [0.25, 0.3) is 0 Å². The van der Waals surface area contributed by atoms with Crippen LogP contribution in [0.3, 0.4) is 0 Å². The van der Waals surface area contributed by atoms with E-state index in [1.807, 2.05) is 6.07 Å². The van der Waals surface area contributed by atoms with Crippen molar-refractivity contribution in [2.45, 2.75) is 44.9 Å². The lowest BCUT2D eigenvalue weighted by atomic mass is 9.79. The summed E-state index contributed by atoms with van der Waals surface area (Å²) in [5, 5.41) is 3.67. The molecule has 1 fully saturated rings. The molecule has 0 aliphatic heterocycles. The van der Waals surface area contributed by atoms with Gasteiger partial charge in [0.15, 0.2) is 0 Å². The first-order chi connectivity index (χ1) is 9.06. The van der Waals surface area contributed by atoms with Gasteiger partial charge in [-0.05, 0) is 42.7 Å². The van der Waals surface area contributed by atoms with Crippen molar-refractivity contribution in [1.82, 2.24) is 0 Å². The zero-order valence-electron chi connectivity index (χ0n) is 12.2. The lowest BCUT2D eigenvalue weighted by Gasteiger charge is -2.33. The molecule has 4 atom stereocenters. The zero-order valence-corrected chi connectivity index (χ0v) is 13.0. The molecule has 0 amide bonds. The van der Waals surface area contributed by atoms with Crippen molar-refractivity contribution < 1.29 is 4.21 Å². The van der Waals surface area contributed by atoms with E-state index in [1.165, 1.54) is 30.5 Å². The molecule has 0 unspecified atom stereocenters. The Morgan fingerprint density at radius 2 is 1.95 bits per heavy atom. The Hall–Kier alpha value is -0.830. The van der Waals surface area contributed by atoms with Crippen LogP contribution in [0.5, 0.6) is 0 Å². The fourth-order valence-corrected chi connectivity index (χ4v) is 3.59. The molecule has 0 saturated heterocycles. The van der Waals surface area contributed by atoms with E-state index < -0.39 is 10.8 Å². The van der Waals surface area contributed by atoms with E-state index >= 15 is 0 Å². The monoisotopic (exact) mass is 279 g/mol. The second-order valence-electron chi connectivity index (χ2n) is 5.98. The number of rotatable bonds is 4. The highest BCUT2D eigenvalue weighted by atomic mass is 32.2. The molecule has 1 aliphatic carbocycles. The van der Waals surface area contributed by atoms with Gasteiger partial charge in [0.2, 0.25) is 0 Å². The Bertz CT molecular complexity index is 446. The van der Waals surface area contributed by atoms with Crippen LogP contribution in [0.25, 0.3) is 0 Å². The summed E-state index contributed by atoms with van der Waals surface area (Å²) in [6.45, 7) is 4.71. The largest absolute Gasteiger partial charge is 0.382 e. The molecule has 1 aromatic carbocycles. The maximum Gasteiger partial charge on any atom is 0.0503 e. The molecule has 2 rings (SSSR count). The summed E-state index contributed by atoms with van der Waals surface area (Å²) in [6.07, 6.45) is 5.56. The molecule has 0 bridgehead atoms. The fraction of sp³-hybridized carbons (Fsp3) is 0.625. The third-order valence-corrected chi connectivity index (χ3v) is 5.05. The second kappa shape index (κ2) is 6.56. The number of para-hydroxylation sites is 1. The van der Waals surface area contributed by atoms with Crippen LogP contribution in [-0.4, -0.2) is 16.5 Å². The summed E-state index contributed by atoms with van der Waals surface area (Å²) in [7, 11) is -0.786. The molecule has 0 aromatic heterocycles. The van der Waals surface area contributed by atoms with Crippen molar-refractivity contribution in [3.8, 4) is 0 Å². The van der Waals surface area contributed by atoms with Crippen molar-refractivity contribution in [1.29, 1.82) is 0 Å². The molecular formula is C16H25NOS. The van der Waals surface area contributed by atoms with Gasteiger partial charge >= 0.3 is 0 Å². The summed E-state index contributed by atoms with van der Waals surface area (Å²) < 4.78 is 11.4. The van der Waals surface area contributed by atoms with Gasteiger partial charge < -0.3 is 5.32 Å². The van der Waals surface area contributed by atoms with E-state index in [0.717, 1.165) is 11.8 Å². The van der Waals surface area contributed by atoms with Gasteiger partial charge in [-0.15, -0.1) is 0 Å². The van der Waals surface area contributed by atoms with Gasteiger partial charge in [-0.2, -0.15) is 0 Å². The molecule has 106 valence electrons. The van der Waals surface area contributed by atoms with Crippen LogP contribution in [-0.2, 0) is 16.6 Å². The Labute approximate surface area is 119 Å². The molecule has 1 N–H and O–H groups in total. The summed E-state index contributed by atoms with van der Waals surface area (Å²) in [6, 6.07) is 8.85. The van der Waals surface area contributed by atoms with Crippen LogP contribution in [0.2, 0.25) is 0 Å². The van der Waals surface area contributed by atoms with Crippen LogP contribution in [0.15, 0.2) is 24.3 Å². The molecule has 2 nitrogen and oxygen atoms in total. The molecule has 1 saturated carbocycles. The van der Waals surface area contributed by atoms with E-state index in [-0.39, 0.29) is 0 Å². The Morgan fingerprint density at radius 1 is 1.21 bits per heavy atom. The Kier molecular flexibility index (Phi) is 5.03. The smallest absolute Gasteiger partial charge is 0.0503 e. The lowest BCUT2D eigenvalue weighted by Crippen LogP contribution is -2.30. The van der Waals surface area contributed by atoms with Crippen LogP contribution >= 0.6 is 0 Å². The fourth-order valence-electron chi connectivity index (χ4n) is 2.90. The minimum atomic E-state index is -0.786. The number of anilines is 1. The van der Waals surface area contributed by atoms with Crippen LogP contribution in [0.4, 0.5) is 5.69 Å². The van der Waals surface area contributed by atoms with E-state index in [9.17, 15) is 4.21 Å². The van der Waals surface area contributed by atoms with E-state index in [4.69, 9.17) is 0 Å². The van der Waals surface area contributed by atoms with Gasteiger partial charge in [-0.1, -0.05) is 32.0 Å². The minimum Gasteiger partial charge on any atom is -0.382 e. The van der Waals surface area contributed by atoms with Crippen molar-refractivity contribution in [2.24, 2.45) is 11.8 Å². The second-order valence-corrected chi connectivity index (χ2v) is 7.42. The molecule has 0 radical (unpaired) electrons. The first-order valence-electron chi connectivity index (χ1n) is 7.20. The molecular weight excluding hydrogens is 254 g/mol. The molecule has 0 heterocycles. The van der Waals surface area contributed by atoms with Crippen molar-refractivity contribution in [2.75, 3.05) is 11.6 Å². The summed E-state index contributed by atoms with van der Waals surface area (Å²) in [5.41, 5.74) is 2.35. The number of hydrogen-bond acceptors (Lipinski definition) is 2. The molecule has 0 spiro atoms. The Morgan fingerprint density at radius 3 is 2.63 bits per heavy atom. The SMILES string of the molecule is C[C@@H]1CC[C@H](Nc2ccccc2C[S@](C)=O)C[C@@H]1C. The van der Waals surface area contributed by atoms with Gasteiger partial charge in [0.05, 0.1) is 5.75 Å². The van der Waals surface area contributed by atoms with Crippen LogP contribution in [0, 0.1) is 11.8 Å². The van der Waals surface area contributed by atoms with Crippen molar-refractivity contribution >= 4 is 16.5 Å². The lowest BCUT2D eigenvalue weighted by molar-refractivity contribution is 0.261.